The van der Waals surface area contributed by atoms with Gasteiger partial charge in [0.1, 0.15) is 11.3 Å². The Hall–Kier alpha value is -2.61. The van der Waals surface area contributed by atoms with Crippen LogP contribution in [0.3, 0.4) is 0 Å². The van der Waals surface area contributed by atoms with E-state index in [-0.39, 0.29) is 32.2 Å². The zero-order valence-corrected chi connectivity index (χ0v) is 23.3. The number of rotatable bonds is 5. The predicted octanol–water partition coefficient (Wildman–Crippen LogP) is 6.34. The summed E-state index contributed by atoms with van der Waals surface area (Å²) >= 11 is 17.8. The molecule has 2 aliphatic rings. The summed E-state index contributed by atoms with van der Waals surface area (Å²) in [5.41, 5.74) is 3.14. The van der Waals surface area contributed by atoms with Crippen LogP contribution in [0.5, 0.6) is 5.75 Å². The van der Waals surface area contributed by atoms with E-state index in [2.05, 4.69) is 37.9 Å². The lowest BCUT2D eigenvalue weighted by Gasteiger charge is -2.48. The van der Waals surface area contributed by atoms with Crippen LogP contribution in [0.25, 0.3) is 6.08 Å². The van der Waals surface area contributed by atoms with E-state index in [0.717, 1.165) is 30.6 Å². The normalized spacial score (nSPS) is 20.5. The van der Waals surface area contributed by atoms with Gasteiger partial charge in [-0.2, -0.15) is 0 Å². The Morgan fingerprint density at radius 2 is 1.94 bits per heavy atom. The van der Waals surface area contributed by atoms with Crippen molar-refractivity contribution in [2.75, 3.05) is 23.5 Å². The number of fused-ring (bicyclic) bond motifs is 1. The van der Waals surface area contributed by atoms with Crippen molar-refractivity contribution in [3.63, 3.8) is 0 Å². The number of carbonyl (C=O) groups excluding carboxylic acids is 2. The first kappa shape index (κ1) is 26.5. The number of nitrogens with zero attached hydrogens (tertiary/aromatic N) is 2. The standard InChI is InChI=1S/C27H29Cl2N3O3S/c1-6-10-31-21-13-22(35-5)16(11-17(21)15(2)14-27(31,3)4)12-18-24(33)30-26(36)32(25(18)34)20-9-7-8-19(28)23(20)29/h7-9,11-13,15H,6,10,14H2,1-5H3,(H,30,33,36)/b18-12-. The fourth-order valence-electron chi connectivity index (χ4n) is 5.16. The molecule has 0 spiro atoms. The van der Waals surface area contributed by atoms with Crippen LogP contribution < -0.4 is 19.9 Å². The molecule has 2 amide bonds. The SMILES string of the molecule is CCCN1c2cc(OC)c(/C=C3/C(=O)NC(=S)N(c4cccc(Cl)c4Cl)C3=O)cc2C(C)CC1(C)C. The molecular formula is C27H29Cl2N3O3S. The molecule has 6 nitrogen and oxygen atoms in total. The third kappa shape index (κ3) is 4.60. The lowest BCUT2D eigenvalue weighted by Crippen LogP contribution is -2.54. The van der Waals surface area contributed by atoms with Crippen LogP contribution in [0.15, 0.2) is 35.9 Å². The van der Waals surface area contributed by atoms with Gasteiger partial charge in [-0.1, -0.05) is 43.1 Å². The monoisotopic (exact) mass is 545 g/mol. The Morgan fingerprint density at radius 3 is 2.61 bits per heavy atom. The van der Waals surface area contributed by atoms with Gasteiger partial charge >= 0.3 is 0 Å². The van der Waals surface area contributed by atoms with E-state index in [0.29, 0.717) is 17.0 Å². The molecule has 190 valence electrons. The van der Waals surface area contributed by atoms with Gasteiger partial charge in [0.05, 0.1) is 22.8 Å². The summed E-state index contributed by atoms with van der Waals surface area (Å²) in [5, 5.41) is 2.98. The topological polar surface area (TPSA) is 61.9 Å². The van der Waals surface area contributed by atoms with E-state index in [1.807, 2.05) is 12.1 Å². The second-order valence-corrected chi connectivity index (χ2v) is 10.9. The number of hydrogen-bond acceptors (Lipinski definition) is 5. The Bertz CT molecular complexity index is 1290. The van der Waals surface area contributed by atoms with Gasteiger partial charge in [0.25, 0.3) is 11.8 Å². The Labute approximate surface area is 227 Å². The summed E-state index contributed by atoms with van der Waals surface area (Å²) in [6.45, 7) is 9.80. The molecule has 2 aromatic rings. The number of carbonyl (C=O) groups is 2. The zero-order valence-electron chi connectivity index (χ0n) is 20.9. The van der Waals surface area contributed by atoms with Gasteiger partial charge in [0.15, 0.2) is 5.11 Å². The molecule has 4 rings (SSSR count). The summed E-state index contributed by atoms with van der Waals surface area (Å²) in [6.07, 6.45) is 3.56. The van der Waals surface area contributed by atoms with Gasteiger partial charge in [0.2, 0.25) is 0 Å². The molecule has 0 saturated carbocycles. The van der Waals surface area contributed by atoms with Crippen LogP contribution in [-0.4, -0.2) is 36.1 Å². The number of thiocarbonyl (C=S) groups is 1. The first-order chi connectivity index (χ1) is 17.0. The van der Waals surface area contributed by atoms with E-state index in [9.17, 15) is 9.59 Å². The third-order valence-electron chi connectivity index (χ3n) is 6.76. The number of amides is 2. The predicted molar refractivity (Wildman–Crippen MR) is 150 cm³/mol. The molecule has 2 aliphatic heterocycles. The van der Waals surface area contributed by atoms with Crippen LogP contribution in [0, 0.1) is 0 Å². The van der Waals surface area contributed by atoms with Crippen molar-refractivity contribution in [1.82, 2.24) is 5.32 Å². The summed E-state index contributed by atoms with van der Waals surface area (Å²) in [5.74, 6) is -0.305. The van der Waals surface area contributed by atoms with Gasteiger partial charge in [-0.25, -0.2) is 0 Å². The van der Waals surface area contributed by atoms with Crippen molar-refractivity contribution in [2.45, 2.75) is 52.0 Å². The summed E-state index contributed by atoms with van der Waals surface area (Å²) in [6, 6.07) is 8.93. The molecule has 1 N–H and O–H groups in total. The van der Waals surface area contributed by atoms with Gasteiger partial charge < -0.3 is 9.64 Å². The van der Waals surface area contributed by atoms with Crippen LogP contribution in [0.4, 0.5) is 11.4 Å². The quantitative estimate of drug-likeness (QED) is 0.270. The Kier molecular flexibility index (Phi) is 7.37. The Balaban J connectivity index is 1.83. The Morgan fingerprint density at radius 1 is 1.22 bits per heavy atom. The first-order valence-corrected chi connectivity index (χ1v) is 13.0. The molecule has 36 heavy (non-hydrogen) atoms. The molecule has 9 heteroatoms. The largest absolute Gasteiger partial charge is 0.496 e. The number of methoxy groups -OCH3 is 1. The maximum Gasteiger partial charge on any atom is 0.270 e. The maximum absolute atomic E-state index is 13.5. The molecule has 0 radical (unpaired) electrons. The molecule has 1 fully saturated rings. The highest BCUT2D eigenvalue weighted by Gasteiger charge is 2.38. The molecule has 2 heterocycles. The molecular weight excluding hydrogens is 517 g/mol. The molecule has 1 atom stereocenters. The number of hydrogen-bond donors (Lipinski definition) is 1. The lowest BCUT2D eigenvalue weighted by molar-refractivity contribution is -0.122. The average molecular weight is 547 g/mol. The minimum atomic E-state index is -0.588. The zero-order chi connectivity index (χ0) is 26.4. The van der Waals surface area contributed by atoms with Crippen LogP contribution in [-0.2, 0) is 9.59 Å². The first-order valence-electron chi connectivity index (χ1n) is 11.8. The fraction of sp³-hybridized carbons (Fsp3) is 0.370. The van der Waals surface area contributed by atoms with E-state index in [1.165, 1.54) is 4.90 Å². The number of ether oxygens (including phenoxy) is 1. The highest BCUT2D eigenvalue weighted by atomic mass is 35.5. The third-order valence-corrected chi connectivity index (χ3v) is 7.85. The van der Waals surface area contributed by atoms with Crippen LogP contribution >= 0.6 is 35.4 Å². The number of halogens is 2. The maximum atomic E-state index is 13.5. The average Bonchev–Trinajstić information content (AvgIpc) is 2.81. The lowest BCUT2D eigenvalue weighted by atomic mass is 9.79. The summed E-state index contributed by atoms with van der Waals surface area (Å²) in [4.78, 5) is 30.1. The molecule has 1 saturated heterocycles. The van der Waals surface area contributed by atoms with Crippen molar-refractivity contribution >= 4 is 69.8 Å². The molecule has 0 bridgehead atoms. The van der Waals surface area contributed by atoms with Crippen LogP contribution in [0.1, 0.15) is 57.6 Å². The second-order valence-electron chi connectivity index (χ2n) is 9.75. The smallest absolute Gasteiger partial charge is 0.270 e. The molecule has 2 aromatic carbocycles. The van der Waals surface area contributed by atoms with Crippen molar-refractivity contribution in [3.05, 3.63) is 57.1 Å². The molecule has 1 unspecified atom stereocenters. The van der Waals surface area contributed by atoms with Crippen molar-refractivity contribution in [3.8, 4) is 5.75 Å². The van der Waals surface area contributed by atoms with E-state index >= 15 is 0 Å². The van der Waals surface area contributed by atoms with Gasteiger partial charge in [-0.3, -0.25) is 19.8 Å². The number of nitrogens with one attached hydrogen (secondary N) is 1. The van der Waals surface area contributed by atoms with E-state index < -0.39 is 11.8 Å². The van der Waals surface area contributed by atoms with Gasteiger partial charge in [-0.05, 0) is 74.7 Å². The minimum Gasteiger partial charge on any atom is -0.496 e. The number of anilines is 2. The summed E-state index contributed by atoms with van der Waals surface area (Å²) < 4.78 is 5.73. The highest BCUT2D eigenvalue weighted by molar-refractivity contribution is 7.80. The molecule has 0 aliphatic carbocycles. The van der Waals surface area contributed by atoms with Gasteiger partial charge in [0, 0.05) is 29.4 Å². The van der Waals surface area contributed by atoms with Crippen molar-refractivity contribution in [2.24, 2.45) is 0 Å². The van der Waals surface area contributed by atoms with Crippen molar-refractivity contribution in [1.29, 1.82) is 0 Å². The van der Waals surface area contributed by atoms with Gasteiger partial charge in [-0.15, -0.1) is 0 Å². The highest BCUT2D eigenvalue weighted by Crippen LogP contribution is 2.46. The second kappa shape index (κ2) is 10.0. The number of benzene rings is 2. The van der Waals surface area contributed by atoms with Crippen LogP contribution in [0.2, 0.25) is 10.0 Å². The van der Waals surface area contributed by atoms with Crippen molar-refractivity contribution < 1.29 is 14.3 Å². The minimum absolute atomic E-state index is 0.000930. The van der Waals surface area contributed by atoms with E-state index in [1.54, 1.807) is 31.4 Å². The fourth-order valence-corrected chi connectivity index (χ4v) is 5.81. The van der Waals surface area contributed by atoms with E-state index in [4.69, 9.17) is 40.2 Å². The summed E-state index contributed by atoms with van der Waals surface area (Å²) in [7, 11) is 1.58. The molecule has 0 aromatic heterocycles.